The molecule has 0 aliphatic carbocycles. The maximum Gasteiger partial charge on any atom is 0.311 e. The summed E-state index contributed by atoms with van der Waals surface area (Å²) in [5.41, 5.74) is -3.66. The lowest BCUT2D eigenvalue weighted by Gasteiger charge is -2.48. The zero-order valence-electron chi connectivity index (χ0n) is 42.4. The predicted octanol–water partition coefficient (Wildman–Crippen LogP) is 3.47. The van der Waals surface area contributed by atoms with Crippen LogP contribution in [0.1, 0.15) is 106 Å². The van der Waals surface area contributed by atoms with Crippen LogP contribution in [-0.4, -0.2) is 187 Å². The first-order chi connectivity index (χ1) is 31.7. The molecule has 68 heavy (non-hydrogen) atoms. The van der Waals surface area contributed by atoms with Crippen LogP contribution < -0.4 is 0 Å². The van der Waals surface area contributed by atoms with Gasteiger partial charge in [-0.3, -0.25) is 4.79 Å². The molecule has 0 bridgehead atoms. The van der Waals surface area contributed by atoms with Crippen LogP contribution in [0, 0.1) is 29.4 Å². The molecule has 1 aromatic carbocycles. The number of carbonyl (C=O) groups is 1. The van der Waals surface area contributed by atoms with Gasteiger partial charge < -0.3 is 63.8 Å². The predicted molar refractivity (Wildman–Crippen MR) is 247 cm³/mol. The standard InChI is InChI=1S/C49H81F2N5O12/c1-14-38-49(10,62)42(58)31(6)55(12)23-27(2)21-47(8,61)44(29(4)41(30(5)45(60)67-38)64-26-35-22-48(9,63-13)43(59)32(7)66-35)68-46-40(57)37(20-28(3)65-46)54(11)19-18-34-25-56(53-52-34)24-33-16-15-17-36(50)39(33)51/h15-17,25,27-32,35,37-38,40-44,46,57-59,61-62H,14,18-24,26H2,1-13H3/t27-,28-,29+,30-,31-,32+,35-,37+,38-,40-,41+,42-,43+,44-,46+,47-,48-,49-/m1/s1. The van der Waals surface area contributed by atoms with E-state index in [0.29, 0.717) is 31.6 Å². The Bertz CT molecular complexity index is 1930. The lowest BCUT2D eigenvalue weighted by atomic mass is 9.77. The molecule has 0 spiro atoms. The van der Waals surface area contributed by atoms with Crippen LogP contribution >= 0.6 is 0 Å². The summed E-state index contributed by atoms with van der Waals surface area (Å²) < 4.78 is 67.7. The molecule has 18 atom stereocenters. The summed E-state index contributed by atoms with van der Waals surface area (Å²) in [7, 11) is 5.22. The summed E-state index contributed by atoms with van der Waals surface area (Å²) in [6.07, 6.45) is -6.28. The number of hydrogen-bond donors (Lipinski definition) is 5. The van der Waals surface area contributed by atoms with Gasteiger partial charge >= 0.3 is 5.97 Å². The van der Waals surface area contributed by atoms with Crippen LogP contribution in [0.4, 0.5) is 8.78 Å². The monoisotopic (exact) mass is 970 g/mol. The van der Waals surface area contributed by atoms with Crippen LogP contribution in [0.25, 0.3) is 0 Å². The van der Waals surface area contributed by atoms with E-state index >= 15 is 0 Å². The number of aromatic nitrogens is 3. The SMILES string of the molecule is CC[C@H]1OC(=O)[C@H](C)[C@@H](OC[C@H]2C[C@@](C)(OC)[C@@H](O)[C@H](C)O2)[C@H](C)[C@@H](O[C@@H]2O[C@H](C)C[C@H](N(C)CCc3cn(Cc4cccc(F)c4F)nn3)[C@H]2O)[C@](C)(O)C[C@@H](C)CN(C)[C@H](C)[C@@H](O)[C@]1(C)O. The first kappa shape index (κ1) is 56.1. The van der Waals surface area contributed by atoms with Gasteiger partial charge in [-0.1, -0.05) is 38.1 Å². The average molecular weight is 970 g/mol. The molecule has 3 aliphatic rings. The van der Waals surface area contributed by atoms with Crippen molar-refractivity contribution in [1.29, 1.82) is 0 Å². The van der Waals surface area contributed by atoms with Gasteiger partial charge in [0.2, 0.25) is 0 Å². The number of likely N-dealkylation sites (N-methyl/N-ethyl adjacent to an activating group) is 2. The number of cyclic esters (lactones) is 1. The molecular weight excluding hydrogens is 889 g/mol. The molecule has 3 fully saturated rings. The first-order valence-corrected chi connectivity index (χ1v) is 24.3. The van der Waals surface area contributed by atoms with E-state index in [9.17, 15) is 39.1 Å². The molecular formula is C49H81F2N5O12. The molecule has 17 nitrogen and oxygen atoms in total. The molecule has 1 aromatic heterocycles. The van der Waals surface area contributed by atoms with Crippen molar-refractivity contribution in [2.24, 2.45) is 17.8 Å². The number of ether oxygens (including phenoxy) is 6. The van der Waals surface area contributed by atoms with E-state index in [1.165, 1.54) is 30.8 Å². The Kier molecular flexibility index (Phi) is 19.1. The third-order valence-electron chi connectivity index (χ3n) is 15.0. The molecule has 4 heterocycles. The Balaban J connectivity index is 1.44. The summed E-state index contributed by atoms with van der Waals surface area (Å²) in [5, 5.41) is 67.7. The van der Waals surface area contributed by atoms with E-state index in [4.69, 9.17) is 28.4 Å². The quantitative estimate of drug-likeness (QED) is 0.182. The second-order valence-electron chi connectivity index (χ2n) is 20.9. The fourth-order valence-corrected chi connectivity index (χ4v) is 10.8. The van der Waals surface area contributed by atoms with E-state index in [0.717, 1.165) is 6.07 Å². The average Bonchev–Trinajstić information content (AvgIpc) is 3.73. The number of aliphatic hydroxyl groups excluding tert-OH is 3. The van der Waals surface area contributed by atoms with Crippen LogP contribution in [0.2, 0.25) is 0 Å². The summed E-state index contributed by atoms with van der Waals surface area (Å²) in [4.78, 5) is 18.3. The highest BCUT2D eigenvalue weighted by atomic mass is 19.2. The Morgan fingerprint density at radius 3 is 2.35 bits per heavy atom. The number of benzene rings is 1. The van der Waals surface area contributed by atoms with Crippen molar-refractivity contribution < 1.29 is 67.5 Å². The van der Waals surface area contributed by atoms with Crippen LogP contribution in [-0.2, 0) is 46.2 Å². The highest BCUT2D eigenvalue weighted by Crippen LogP contribution is 2.39. The number of hydrogen-bond acceptors (Lipinski definition) is 16. The van der Waals surface area contributed by atoms with Crippen molar-refractivity contribution in [2.45, 2.75) is 198 Å². The van der Waals surface area contributed by atoms with Gasteiger partial charge in [0.25, 0.3) is 0 Å². The van der Waals surface area contributed by atoms with Gasteiger partial charge in [-0.2, -0.15) is 0 Å². The van der Waals surface area contributed by atoms with E-state index in [2.05, 4.69) is 10.3 Å². The minimum atomic E-state index is -1.84. The number of nitrogens with zero attached hydrogens (tertiary/aromatic N) is 5. The van der Waals surface area contributed by atoms with E-state index in [1.807, 2.05) is 44.7 Å². The number of aliphatic hydroxyl groups is 5. The van der Waals surface area contributed by atoms with Gasteiger partial charge in [0.1, 0.15) is 30.0 Å². The summed E-state index contributed by atoms with van der Waals surface area (Å²) >= 11 is 0. The fraction of sp³-hybridized carbons (Fsp3) is 0.816. The first-order valence-electron chi connectivity index (χ1n) is 24.3. The smallest absolute Gasteiger partial charge is 0.311 e. The van der Waals surface area contributed by atoms with Crippen molar-refractivity contribution in [1.82, 2.24) is 24.8 Å². The van der Waals surface area contributed by atoms with Crippen LogP contribution in [0.5, 0.6) is 0 Å². The topological polar surface area (TPSA) is 211 Å². The number of halogens is 2. The third kappa shape index (κ3) is 13.0. The van der Waals surface area contributed by atoms with E-state index < -0.39 is 120 Å². The van der Waals surface area contributed by atoms with Crippen molar-refractivity contribution in [3.8, 4) is 0 Å². The number of methoxy groups -OCH3 is 1. The second-order valence-corrected chi connectivity index (χ2v) is 20.9. The number of rotatable bonds is 13. The summed E-state index contributed by atoms with van der Waals surface area (Å²) in [5.74, 6) is -4.60. The van der Waals surface area contributed by atoms with Gasteiger partial charge in [-0.05, 0) is 93.8 Å². The van der Waals surface area contributed by atoms with Gasteiger partial charge in [0.05, 0.1) is 66.5 Å². The molecule has 19 heteroatoms. The minimum absolute atomic E-state index is 0.000899. The molecule has 5 N–H and O–H groups in total. The Morgan fingerprint density at radius 1 is 1.00 bits per heavy atom. The van der Waals surface area contributed by atoms with Gasteiger partial charge in [-0.25, -0.2) is 13.5 Å². The van der Waals surface area contributed by atoms with Gasteiger partial charge in [0.15, 0.2) is 17.9 Å². The van der Waals surface area contributed by atoms with Crippen molar-refractivity contribution in [3.63, 3.8) is 0 Å². The Morgan fingerprint density at radius 2 is 1.69 bits per heavy atom. The molecule has 388 valence electrons. The summed E-state index contributed by atoms with van der Waals surface area (Å²) in [6, 6.07) is 2.93. The Labute approximate surface area is 401 Å². The van der Waals surface area contributed by atoms with Gasteiger partial charge in [0, 0.05) is 62.8 Å². The third-order valence-corrected chi connectivity index (χ3v) is 15.0. The molecule has 2 aromatic rings. The number of carbonyl (C=O) groups excluding carboxylic acids is 1. The zero-order chi connectivity index (χ0) is 50.6. The second kappa shape index (κ2) is 23.2. The molecule has 0 radical (unpaired) electrons. The van der Waals surface area contributed by atoms with E-state index in [-0.39, 0.29) is 43.9 Å². The van der Waals surface area contributed by atoms with E-state index in [1.54, 1.807) is 47.7 Å². The fourth-order valence-electron chi connectivity index (χ4n) is 10.8. The van der Waals surface area contributed by atoms with Crippen LogP contribution in [0.3, 0.4) is 0 Å². The van der Waals surface area contributed by atoms with Gasteiger partial charge in [-0.15, -0.1) is 5.10 Å². The minimum Gasteiger partial charge on any atom is -0.459 e. The van der Waals surface area contributed by atoms with Crippen molar-refractivity contribution >= 4 is 5.97 Å². The highest BCUT2D eigenvalue weighted by Gasteiger charge is 2.51. The zero-order valence-corrected chi connectivity index (χ0v) is 42.4. The Hall–Kier alpha value is -2.79. The molecule has 0 amide bonds. The maximum absolute atomic E-state index is 14.4. The molecule has 3 aliphatic heterocycles. The molecule has 5 rings (SSSR count). The molecule has 0 saturated carbocycles. The number of esters is 1. The maximum atomic E-state index is 14.4. The lowest BCUT2D eigenvalue weighted by Crippen LogP contribution is -2.60. The van der Waals surface area contributed by atoms with Crippen molar-refractivity contribution in [2.75, 3.05) is 40.9 Å². The van der Waals surface area contributed by atoms with Crippen molar-refractivity contribution in [3.05, 3.63) is 47.3 Å². The lowest BCUT2D eigenvalue weighted by molar-refractivity contribution is -0.301. The van der Waals surface area contributed by atoms with Crippen LogP contribution in [0.15, 0.2) is 24.4 Å². The molecule has 3 saturated heterocycles. The summed E-state index contributed by atoms with van der Waals surface area (Å²) in [6.45, 7) is 18.4. The normalized spacial score (nSPS) is 40.7. The highest BCUT2D eigenvalue weighted by molar-refractivity contribution is 5.73. The largest absolute Gasteiger partial charge is 0.459 e. The molecule has 0 unspecified atom stereocenters.